The Morgan fingerprint density at radius 1 is 1.30 bits per heavy atom. The van der Waals surface area contributed by atoms with Gasteiger partial charge in [0.2, 0.25) is 5.91 Å². The van der Waals surface area contributed by atoms with Crippen LogP contribution in [0.15, 0.2) is 24.3 Å². The smallest absolute Gasteiger partial charge is 0.236 e. The second kappa shape index (κ2) is 7.99. The molecule has 2 saturated heterocycles. The molecule has 0 aliphatic carbocycles. The number of nitrogens with zero attached hydrogens (tertiary/aromatic N) is 2. The second-order valence-corrected chi connectivity index (χ2v) is 6.55. The highest BCUT2D eigenvalue weighted by Crippen LogP contribution is 2.20. The third-order valence-electron chi connectivity index (χ3n) is 4.48. The first kappa shape index (κ1) is 16.6. The Bertz CT molecular complexity index is 526. The zero-order valence-electron chi connectivity index (χ0n) is 13.3. The highest BCUT2D eigenvalue weighted by molar-refractivity contribution is 6.30. The average molecular weight is 338 g/mol. The lowest BCUT2D eigenvalue weighted by Gasteiger charge is -2.36. The predicted octanol–water partition coefficient (Wildman–Crippen LogP) is 1.76. The van der Waals surface area contributed by atoms with Crippen LogP contribution in [0.2, 0.25) is 5.02 Å². The minimum Gasteiger partial charge on any atom is -0.377 e. The van der Waals surface area contributed by atoms with E-state index in [9.17, 15) is 4.79 Å². The van der Waals surface area contributed by atoms with E-state index in [1.807, 2.05) is 23.1 Å². The highest BCUT2D eigenvalue weighted by atomic mass is 35.5. The number of rotatable bonds is 5. The number of ether oxygens (including phenoxy) is 1. The van der Waals surface area contributed by atoms with Crippen molar-refractivity contribution in [3.05, 3.63) is 29.3 Å². The number of hydrogen-bond donors (Lipinski definition) is 1. The van der Waals surface area contributed by atoms with Gasteiger partial charge in [0.25, 0.3) is 0 Å². The number of hydrogen-bond acceptors (Lipinski definition) is 4. The van der Waals surface area contributed by atoms with Gasteiger partial charge in [-0.3, -0.25) is 4.79 Å². The predicted molar refractivity (Wildman–Crippen MR) is 92.1 cm³/mol. The van der Waals surface area contributed by atoms with Crippen LogP contribution in [-0.4, -0.2) is 62.8 Å². The van der Waals surface area contributed by atoms with Crippen molar-refractivity contribution in [1.29, 1.82) is 0 Å². The van der Waals surface area contributed by atoms with Crippen LogP contribution >= 0.6 is 11.6 Å². The topological polar surface area (TPSA) is 44.8 Å². The summed E-state index contributed by atoms with van der Waals surface area (Å²) in [7, 11) is 0. The van der Waals surface area contributed by atoms with Crippen LogP contribution < -0.4 is 10.2 Å². The number of carbonyl (C=O) groups is 1. The van der Waals surface area contributed by atoms with E-state index in [-0.39, 0.29) is 12.0 Å². The van der Waals surface area contributed by atoms with E-state index in [1.54, 1.807) is 0 Å². The zero-order chi connectivity index (χ0) is 16.1. The zero-order valence-corrected chi connectivity index (χ0v) is 14.1. The number of halogens is 1. The van der Waals surface area contributed by atoms with Gasteiger partial charge in [-0.25, -0.2) is 0 Å². The molecule has 2 heterocycles. The normalized spacial score (nSPS) is 21.7. The van der Waals surface area contributed by atoms with Gasteiger partial charge in [0.05, 0.1) is 12.6 Å². The minimum absolute atomic E-state index is 0.175. The van der Waals surface area contributed by atoms with Crippen molar-refractivity contribution in [3.63, 3.8) is 0 Å². The van der Waals surface area contributed by atoms with Gasteiger partial charge in [0.1, 0.15) is 0 Å². The fourth-order valence-corrected chi connectivity index (χ4v) is 3.33. The molecule has 5 nitrogen and oxygen atoms in total. The molecule has 6 heteroatoms. The van der Waals surface area contributed by atoms with Crippen molar-refractivity contribution in [2.24, 2.45) is 0 Å². The molecule has 0 saturated carbocycles. The molecule has 2 aliphatic heterocycles. The summed E-state index contributed by atoms with van der Waals surface area (Å²) in [6.45, 7) is 5.23. The van der Waals surface area contributed by atoms with Crippen LogP contribution in [-0.2, 0) is 9.53 Å². The quantitative estimate of drug-likeness (QED) is 0.889. The van der Waals surface area contributed by atoms with Gasteiger partial charge in [0.15, 0.2) is 0 Å². The first-order valence-corrected chi connectivity index (χ1v) is 8.71. The second-order valence-electron chi connectivity index (χ2n) is 6.11. The monoisotopic (exact) mass is 337 g/mol. The van der Waals surface area contributed by atoms with Gasteiger partial charge in [-0.05, 0) is 31.0 Å². The SMILES string of the molecule is O=C(CNCC1CCCO1)N1CCN(c2cccc(Cl)c2)CC1. The molecule has 1 atom stereocenters. The first-order valence-electron chi connectivity index (χ1n) is 8.33. The Morgan fingerprint density at radius 2 is 2.13 bits per heavy atom. The van der Waals surface area contributed by atoms with Gasteiger partial charge in [-0.2, -0.15) is 0 Å². The maximum Gasteiger partial charge on any atom is 0.236 e. The molecule has 1 unspecified atom stereocenters. The molecule has 3 rings (SSSR count). The molecule has 0 aromatic heterocycles. The highest BCUT2D eigenvalue weighted by Gasteiger charge is 2.22. The van der Waals surface area contributed by atoms with Crippen LogP contribution in [0.4, 0.5) is 5.69 Å². The molecule has 1 aromatic rings. The summed E-state index contributed by atoms with van der Waals surface area (Å²) in [4.78, 5) is 16.5. The molecule has 0 radical (unpaired) electrons. The van der Waals surface area contributed by atoms with Crippen LogP contribution in [0.25, 0.3) is 0 Å². The summed E-state index contributed by atoms with van der Waals surface area (Å²) in [5.41, 5.74) is 1.13. The molecule has 2 aliphatic rings. The lowest BCUT2D eigenvalue weighted by molar-refractivity contribution is -0.130. The fourth-order valence-electron chi connectivity index (χ4n) is 3.14. The summed E-state index contributed by atoms with van der Waals surface area (Å²) < 4.78 is 5.55. The first-order chi connectivity index (χ1) is 11.2. The van der Waals surface area contributed by atoms with Gasteiger partial charge in [0, 0.05) is 50.0 Å². The number of nitrogens with one attached hydrogen (secondary N) is 1. The van der Waals surface area contributed by atoms with Gasteiger partial charge in [-0.1, -0.05) is 17.7 Å². The minimum atomic E-state index is 0.175. The van der Waals surface area contributed by atoms with E-state index in [1.165, 1.54) is 0 Å². The molecule has 126 valence electrons. The van der Waals surface area contributed by atoms with Gasteiger partial charge < -0.3 is 19.9 Å². The summed E-state index contributed by atoms with van der Waals surface area (Å²) in [6, 6.07) is 7.88. The van der Waals surface area contributed by atoms with Crippen LogP contribution in [0, 0.1) is 0 Å². The van der Waals surface area contributed by atoms with Gasteiger partial charge >= 0.3 is 0 Å². The van der Waals surface area contributed by atoms with Crippen LogP contribution in [0.5, 0.6) is 0 Å². The number of piperazine rings is 1. The summed E-state index contributed by atoms with van der Waals surface area (Å²) >= 11 is 6.04. The molecular formula is C17H24ClN3O2. The third kappa shape index (κ3) is 4.59. The number of benzene rings is 1. The summed E-state index contributed by atoms with van der Waals surface area (Å²) in [5.74, 6) is 0.175. The fraction of sp³-hybridized carbons (Fsp3) is 0.588. The summed E-state index contributed by atoms with van der Waals surface area (Å²) in [6.07, 6.45) is 2.51. The molecule has 0 spiro atoms. The number of carbonyl (C=O) groups excluding carboxylic acids is 1. The Labute approximate surface area is 142 Å². The van der Waals surface area contributed by atoms with Gasteiger partial charge in [-0.15, -0.1) is 0 Å². The Hall–Kier alpha value is -1.30. The molecule has 0 bridgehead atoms. The standard InChI is InChI=1S/C17H24ClN3O2/c18-14-3-1-4-15(11-14)20-6-8-21(9-7-20)17(22)13-19-12-16-5-2-10-23-16/h1,3-4,11,16,19H,2,5-10,12-13H2. The lowest BCUT2D eigenvalue weighted by atomic mass is 10.2. The average Bonchev–Trinajstić information content (AvgIpc) is 3.08. The third-order valence-corrected chi connectivity index (χ3v) is 4.71. The largest absolute Gasteiger partial charge is 0.377 e. The molecule has 1 N–H and O–H groups in total. The van der Waals surface area contributed by atoms with Crippen molar-refractivity contribution >= 4 is 23.2 Å². The van der Waals surface area contributed by atoms with Crippen molar-refractivity contribution in [1.82, 2.24) is 10.2 Å². The molecule has 1 aromatic carbocycles. The van der Waals surface area contributed by atoms with Crippen molar-refractivity contribution < 1.29 is 9.53 Å². The van der Waals surface area contributed by atoms with E-state index < -0.39 is 0 Å². The number of anilines is 1. The van der Waals surface area contributed by atoms with Crippen molar-refractivity contribution in [2.75, 3.05) is 50.8 Å². The van der Waals surface area contributed by atoms with Crippen molar-refractivity contribution in [3.8, 4) is 0 Å². The number of amides is 1. The molecular weight excluding hydrogens is 314 g/mol. The molecule has 23 heavy (non-hydrogen) atoms. The Kier molecular flexibility index (Phi) is 5.75. The van der Waals surface area contributed by atoms with E-state index >= 15 is 0 Å². The van der Waals surface area contributed by atoms with E-state index in [0.29, 0.717) is 6.54 Å². The van der Waals surface area contributed by atoms with Crippen LogP contribution in [0.1, 0.15) is 12.8 Å². The van der Waals surface area contributed by atoms with Crippen LogP contribution in [0.3, 0.4) is 0 Å². The molecule has 1 amide bonds. The Morgan fingerprint density at radius 3 is 2.83 bits per heavy atom. The molecule has 2 fully saturated rings. The Balaban J connectivity index is 1.40. The van der Waals surface area contributed by atoms with E-state index in [4.69, 9.17) is 16.3 Å². The maximum absolute atomic E-state index is 12.3. The summed E-state index contributed by atoms with van der Waals surface area (Å²) in [5, 5.41) is 3.98. The van der Waals surface area contributed by atoms with E-state index in [0.717, 1.165) is 62.9 Å². The van der Waals surface area contributed by atoms with E-state index in [2.05, 4.69) is 16.3 Å². The van der Waals surface area contributed by atoms with Crippen molar-refractivity contribution in [2.45, 2.75) is 18.9 Å². The maximum atomic E-state index is 12.3. The lowest BCUT2D eigenvalue weighted by Crippen LogP contribution is -2.51.